The summed E-state index contributed by atoms with van der Waals surface area (Å²) in [6.45, 7) is 0. The molecule has 0 fully saturated rings. The second kappa shape index (κ2) is 9.63. The number of amides is 2. The van der Waals surface area contributed by atoms with Gasteiger partial charge in [0.2, 0.25) is 5.91 Å². The highest BCUT2D eigenvalue weighted by Gasteiger charge is 2.32. The van der Waals surface area contributed by atoms with Crippen LogP contribution in [0.15, 0.2) is 82.8 Å². The first-order valence-electron chi connectivity index (χ1n) is 9.44. The van der Waals surface area contributed by atoms with Crippen molar-refractivity contribution >= 4 is 57.5 Å². The maximum absolute atomic E-state index is 13.1. The number of carbonyl (C=O) groups is 2. The van der Waals surface area contributed by atoms with Crippen LogP contribution in [0.3, 0.4) is 0 Å². The van der Waals surface area contributed by atoms with E-state index in [1.807, 2.05) is 47.8 Å². The molecule has 3 aromatic rings. The van der Waals surface area contributed by atoms with Gasteiger partial charge in [0.15, 0.2) is 5.17 Å². The maximum atomic E-state index is 13.1. The van der Waals surface area contributed by atoms with Crippen molar-refractivity contribution in [3.05, 3.63) is 82.7 Å². The van der Waals surface area contributed by atoms with Crippen LogP contribution in [0, 0.1) is 0 Å². The van der Waals surface area contributed by atoms with Crippen molar-refractivity contribution in [3.63, 3.8) is 0 Å². The van der Waals surface area contributed by atoms with Crippen molar-refractivity contribution in [2.24, 2.45) is 4.99 Å². The van der Waals surface area contributed by atoms with Crippen LogP contribution in [-0.4, -0.2) is 29.8 Å². The fourth-order valence-corrected chi connectivity index (χ4v) is 4.37. The summed E-state index contributed by atoms with van der Waals surface area (Å²) >= 11 is 2.76. The molecule has 2 amide bonds. The number of ether oxygens (including phenoxy) is 1. The number of benzene rings is 2. The number of carbonyl (C=O) groups excluding carboxylic acids is 2. The molecule has 4 rings (SSSR count). The topological polar surface area (TPSA) is 71.0 Å². The third kappa shape index (κ3) is 5.04. The van der Waals surface area contributed by atoms with E-state index in [0.29, 0.717) is 22.2 Å². The lowest BCUT2D eigenvalue weighted by molar-refractivity contribution is -0.114. The predicted molar refractivity (Wildman–Crippen MR) is 128 cm³/mol. The Hall–Kier alpha value is -3.36. The van der Waals surface area contributed by atoms with Crippen LogP contribution in [0.4, 0.5) is 11.4 Å². The summed E-state index contributed by atoms with van der Waals surface area (Å²) in [5.41, 5.74) is 1.74. The largest absolute Gasteiger partial charge is 0.497 e. The molecular formula is C23H19N3O3S2. The van der Waals surface area contributed by atoms with E-state index < -0.39 is 0 Å². The van der Waals surface area contributed by atoms with Gasteiger partial charge in [-0.1, -0.05) is 36.0 Å². The smallest absolute Gasteiger partial charge is 0.283 e. The van der Waals surface area contributed by atoms with E-state index in [4.69, 9.17) is 4.74 Å². The van der Waals surface area contributed by atoms with Crippen LogP contribution in [-0.2, 0) is 9.59 Å². The molecule has 1 aliphatic heterocycles. The van der Waals surface area contributed by atoms with Crippen LogP contribution in [0.1, 0.15) is 4.88 Å². The first-order chi connectivity index (χ1) is 15.1. The zero-order chi connectivity index (χ0) is 21.6. The molecule has 0 saturated carbocycles. The number of nitrogens with one attached hydrogen (secondary N) is 1. The third-order valence-corrected chi connectivity index (χ3v) is 6.13. The summed E-state index contributed by atoms with van der Waals surface area (Å²) in [6, 6.07) is 20.3. The van der Waals surface area contributed by atoms with E-state index in [1.54, 1.807) is 42.4 Å². The molecule has 0 atom stereocenters. The minimum atomic E-state index is -0.210. The predicted octanol–water partition coefficient (Wildman–Crippen LogP) is 4.87. The van der Waals surface area contributed by atoms with E-state index >= 15 is 0 Å². The molecular weight excluding hydrogens is 430 g/mol. The van der Waals surface area contributed by atoms with Gasteiger partial charge in [-0.2, -0.15) is 0 Å². The number of para-hydroxylation sites is 1. The van der Waals surface area contributed by atoms with Gasteiger partial charge in [-0.15, -0.1) is 11.3 Å². The summed E-state index contributed by atoms with van der Waals surface area (Å²) in [6.07, 6.45) is 1.77. The average molecular weight is 450 g/mol. The summed E-state index contributed by atoms with van der Waals surface area (Å²) < 4.78 is 5.13. The molecule has 0 radical (unpaired) electrons. The van der Waals surface area contributed by atoms with E-state index in [1.165, 1.54) is 23.1 Å². The molecule has 0 saturated heterocycles. The Morgan fingerprint density at radius 1 is 1.13 bits per heavy atom. The molecule has 8 heteroatoms. The van der Waals surface area contributed by atoms with Crippen LogP contribution >= 0.6 is 23.1 Å². The number of anilines is 2. The minimum absolute atomic E-state index is 0.119. The second-order valence-electron chi connectivity index (χ2n) is 6.48. The fourth-order valence-electron chi connectivity index (χ4n) is 2.91. The number of hydrogen-bond donors (Lipinski definition) is 1. The first kappa shape index (κ1) is 20.9. The fraction of sp³-hybridized carbons (Fsp3) is 0.0870. The Bertz CT molecular complexity index is 1120. The summed E-state index contributed by atoms with van der Waals surface area (Å²) in [5, 5.41) is 5.27. The van der Waals surface area contributed by atoms with E-state index in [0.717, 1.165) is 10.6 Å². The number of hydrogen-bond acceptors (Lipinski definition) is 6. The molecule has 0 spiro atoms. The highest BCUT2D eigenvalue weighted by atomic mass is 32.2. The molecule has 1 aliphatic rings. The molecule has 0 bridgehead atoms. The average Bonchev–Trinajstić information content (AvgIpc) is 3.42. The van der Waals surface area contributed by atoms with Gasteiger partial charge in [0.1, 0.15) is 11.4 Å². The van der Waals surface area contributed by atoms with Gasteiger partial charge in [0.25, 0.3) is 5.91 Å². The zero-order valence-electron chi connectivity index (χ0n) is 16.6. The second-order valence-corrected chi connectivity index (χ2v) is 8.40. The van der Waals surface area contributed by atoms with Gasteiger partial charge in [-0.25, -0.2) is 4.99 Å². The third-order valence-electron chi connectivity index (χ3n) is 4.37. The van der Waals surface area contributed by atoms with Gasteiger partial charge < -0.3 is 10.1 Å². The minimum Gasteiger partial charge on any atom is -0.497 e. The lowest BCUT2D eigenvalue weighted by Crippen LogP contribution is -2.31. The van der Waals surface area contributed by atoms with Crippen LogP contribution in [0.25, 0.3) is 6.08 Å². The molecule has 2 aromatic carbocycles. The number of aliphatic imine (C=N–C) groups is 1. The van der Waals surface area contributed by atoms with Crippen molar-refractivity contribution in [1.82, 2.24) is 0 Å². The van der Waals surface area contributed by atoms with Crippen LogP contribution < -0.4 is 15.0 Å². The zero-order valence-corrected chi connectivity index (χ0v) is 18.3. The highest BCUT2D eigenvalue weighted by molar-refractivity contribution is 8.14. The van der Waals surface area contributed by atoms with E-state index in [2.05, 4.69) is 10.3 Å². The quantitative estimate of drug-likeness (QED) is 0.545. The van der Waals surface area contributed by atoms with Crippen molar-refractivity contribution in [1.29, 1.82) is 0 Å². The first-order valence-corrected chi connectivity index (χ1v) is 11.3. The Morgan fingerprint density at radius 3 is 2.58 bits per heavy atom. The molecule has 31 heavy (non-hydrogen) atoms. The van der Waals surface area contributed by atoms with Crippen LogP contribution in [0.2, 0.25) is 0 Å². The summed E-state index contributed by atoms with van der Waals surface area (Å²) in [4.78, 5) is 32.5. The van der Waals surface area contributed by atoms with Gasteiger partial charge >= 0.3 is 0 Å². The van der Waals surface area contributed by atoms with Gasteiger partial charge in [-0.3, -0.25) is 14.5 Å². The summed E-state index contributed by atoms with van der Waals surface area (Å²) in [5.74, 6) is 0.440. The maximum Gasteiger partial charge on any atom is 0.283 e. The number of amidine groups is 1. The molecule has 1 N–H and O–H groups in total. The highest BCUT2D eigenvalue weighted by Crippen LogP contribution is 2.30. The number of thiophene rings is 1. The van der Waals surface area contributed by atoms with Crippen LogP contribution in [0.5, 0.6) is 5.75 Å². The number of thioether (sulfide) groups is 1. The molecule has 0 unspecified atom stereocenters. The Labute approximate surface area is 188 Å². The normalized spacial score (nSPS) is 14.6. The van der Waals surface area contributed by atoms with Crippen molar-refractivity contribution < 1.29 is 14.3 Å². The lowest BCUT2D eigenvalue weighted by atomic mass is 10.3. The SMILES string of the molecule is COc1ccc(NC(=O)CSC2=N/C(=C\c3cccs3)C(=O)N2c2ccccc2)cc1. The molecule has 1 aromatic heterocycles. The Morgan fingerprint density at radius 2 is 1.90 bits per heavy atom. The Kier molecular flexibility index (Phi) is 6.49. The van der Waals surface area contributed by atoms with E-state index in [-0.39, 0.29) is 17.6 Å². The van der Waals surface area contributed by atoms with Crippen molar-refractivity contribution in [3.8, 4) is 5.75 Å². The van der Waals surface area contributed by atoms with Crippen molar-refractivity contribution in [2.45, 2.75) is 0 Å². The van der Waals surface area contributed by atoms with Gasteiger partial charge in [0, 0.05) is 10.6 Å². The lowest BCUT2D eigenvalue weighted by Gasteiger charge is -2.17. The number of methoxy groups -OCH3 is 1. The number of nitrogens with zero attached hydrogens (tertiary/aromatic N) is 2. The summed E-state index contributed by atoms with van der Waals surface area (Å²) in [7, 11) is 1.59. The molecule has 0 aliphatic carbocycles. The Balaban J connectivity index is 1.50. The molecule has 2 heterocycles. The van der Waals surface area contributed by atoms with Gasteiger partial charge in [0.05, 0.1) is 18.6 Å². The monoisotopic (exact) mass is 449 g/mol. The standard InChI is InChI=1S/C23H19N3O3S2/c1-29-18-11-9-16(10-12-18)24-21(27)15-31-23-25-20(14-19-8-5-13-30-19)22(28)26(23)17-6-3-2-4-7-17/h2-14H,15H2,1H3,(H,24,27)/b20-14-. The molecule has 156 valence electrons. The van der Waals surface area contributed by atoms with Gasteiger partial charge in [-0.05, 0) is 53.9 Å². The number of rotatable bonds is 6. The molecule has 6 nitrogen and oxygen atoms in total. The van der Waals surface area contributed by atoms with E-state index in [9.17, 15) is 9.59 Å². The van der Waals surface area contributed by atoms with Crippen molar-refractivity contribution in [2.75, 3.05) is 23.1 Å².